The van der Waals surface area contributed by atoms with E-state index in [1.54, 1.807) is 0 Å². The van der Waals surface area contributed by atoms with E-state index in [9.17, 15) is 9.90 Å². The molecule has 0 saturated carbocycles. The molecule has 0 aliphatic rings. The van der Waals surface area contributed by atoms with Crippen LogP contribution in [0.5, 0.6) is 11.5 Å². The molecular formula is C24H28O5. The third-order valence-electron chi connectivity index (χ3n) is 4.96. The first-order valence-electron chi connectivity index (χ1n) is 10.1. The molecule has 0 fully saturated rings. The minimum absolute atomic E-state index is 0.0194. The number of rotatable bonds is 9. The summed E-state index contributed by atoms with van der Waals surface area (Å²) in [5.74, 6) is 1.09. The molecule has 3 rings (SSSR count). The average Bonchev–Trinajstić information content (AvgIpc) is 2.73. The summed E-state index contributed by atoms with van der Waals surface area (Å²) < 4.78 is 16.7. The molecule has 0 spiro atoms. The average molecular weight is 396 g/mol. The van der Waals surface area contributed by atoms with Crippen molar-refractivity contribution in [2.75, 3.05) is 26.9 Å². The van der Waals surface area contributed by atoms with Gasteiger partial charge in [0.15, 0.2) is 0 Å². The number of ether oxygens (including phenoxy) is 3. The van der Waals surface area contributed by atoms with Gasteiger partial charge in [-0.05, 0) is 71.8 Å². The van der Waals surface area contributed by atoms with Crippen molar-refractivity contribution in [3.63, 3.8) is 0 Å². The molecule has 0 bridgehead atoms. The van der Waals surface area contributed by atoms with E-state index < -0.39 is 5.97 Å². The molecule has 0 heterocycles. The van der Waals surface area contributed by atoms with E-state index in [1.807, 2.05) is 43.3 Å². The fourth-order valence-corrected chi connectivity index (χ4v) is 3.51. The maximum Gasteiger partial charge on any atom is 0.338 e. The maximum atomic E-state index is 12.5. The van der Waals surface area contributed by atoms with E-state index in [0.717, 1.165) is 45.7 Å². The minimum atomic E-state index is -0.391. The van der Waals surface area contributed by atoms with Crippen LogP contribution >= 0.6 is 0 Å². The fraction of sp³-hybridized carbons (Fsp3) is 0.375. The van der Waals surface area contributed by atoms with E-state index >= 15 is 0 Å². The number of hydrogen-bond acceptors (Lipinski definition) is 5. The van der Waals surface area contributed by atoms with Gasteiger partial charge in [0.1, 0.15) is 11.5 Å². The van der Waals surface area contributed by atoms with Gasteiger partial charge >= 0.3 is 5.97 Å². The topological polar surface area (TPSA) is 65.0 Å². The van der Waals surface area contributed by atoms with E-state index in [0.29, 0.717) is 30.9 Å². The largest absolute Gasteiger partial charge is 0.494 e. The van der Waals surface area contributed by atoms with E-state index in [2.05, 4.69) is 6.92 Å². The van der Waals surface area contributed by atoms with Crippen LogP contribution in [-0.4, -0.2) is 38.0 Å². The Kier molecular flexibility index (Phi) is 6.94. The van der Waals surface area contributed by atoms with Crippen molar-refractivity contribution < 1.29 is 24.1 Å². The summed E-state index contributed by atoms with van der Waals surface area (Å²) in [6, 6.07) is 11.6. The van der Waals surface area contributed by atoms with Crippen LogP contribution in [0.4, 0.5) is 0 Å². The van der Waals surface area contributed by atoms with Gasteiger partial charge in [0.2, 0.25) is 0 Å². The molecule has 0 atom stereocenters. The van der Waals surface area contributed by atoms with Crippen molar-refractivity contribution in [1.29, 1.82) is 0 Å². The van der Waals surface area contributed by atoms with Gasteiger partial charge in [-0.2, -0.15) is 0 Å². The normalized spacial score (nSPS) is 11.0. The van der Waals surface area contributed by atoms with Crippen molar-refractivity contribution in [2.24, 2.45) is 0 Å². The summed E-state index contributed by atoms with van der Waals surface area (Å²) in [7, 11) is 1.38. The number of fused-ring (bicyclic) bond motifs is 3. The van der Waals surface area contributed by atoms with Crippen molar-refractivity contribution in [3.8, 4) is 11.5 Å². The number of aliphatic hydroxyl groups is 1. The molecule has 3 aromatic rings. The van der Waals surface area contributed by atoms with Crippen LogP contribution in [0.2, 0.25) is 0 Å². The predicted molar refractivity (Wildman–Crippen MR) is 115 cm³/mol. The van der Waals surface area contributed by atoms with Gasteiger partial charge in [-0.15, -0.1) is 0 Å². The van der Waals surface area contributed by atoms with Crippen LogP contribution in [0.15, 0.2) is 36.4 Å². The number of methoxy groups -OCH3 is 1. The third kappa shape index (κ3) is 4.46. The lowest BCUT2D eigenvalue weighted by atomic mass is 9.94. The number of aliphatic hydroxyl groups excluding tert-OH is 1. The number of benzene rings is 3. The Labute approximate surface area is 171 Å². The summed E-state index contributed by atoms with van der Waals surface area (Å²) in [5, 5.41) is 13.1. The molecule has 0 aliphatic heterocycles. The molecule has 0 saturated heterocycles. The maximum absolute atomic E-state index is 12.5. The Bertz CT molecular complexity index is 1010. The summed E-state index contributed by atoms with van der Waals surface area (Å²) in [6.07, 6.45) is 2.55. The smallest absolute Gasteiger partial charge is 0.338 e. The quantitative estimate of drug-likeness (QED) is 0.317. The molecule has 5 nitrogen and oxygen atoms in total. The highest BCUT2D eigenvalue weighted by atomic mass is 16.5. The zero-order valence-electron chi connectivity index (χ0n) is 17.3. The highest BCUT2D eigenvalue weighted by Gasteiger charge is 2.17. The second kappa shape index (κ2) is 9.61. The van der Waals surface area contributed by atoms with E-state index in [1.165, 1.54) is 7.11 Å². The fourth-order valence-electron chi connectivity index (χ4n) is 3.51. The summed E-state index contributed by atoms with van der Waals surface area (Å²) in [6.45, 7) is 5.23. The Morgan fingerprint density at radius 2 is 1.83 bits per heavy atom. The highest BCUT2D eigenvalue weighted by molar-refractivity contribution is 6.16. The Balaban J connectivity index is 2.27. The van der Waals surface area contributed by atoms with Crippen LogP contribution in [-0.2, 0) is 11.2 Å². The molecule has 1 N–H and O–H groups in total. The first kappa shape index (κ1) is 20.9. The summed E-state index contributed by atoms with van der Waals surface area (Å²) >= 11 is 0. The molecule has 0 radical (unpaired) electrons. The van der Waals surface area contributed by atoms with Gasteiger partial charge in [-0.3, -0.25) is 0 Å². The monoisotopic (exact) mass is 396 g/mol. The van der Waals surface area contributed by atoms with Gasteiger partial charge in [-0.1, -0.05) is 19.4 Å². The number of carbonyl (C=O) groups excluding carboxylic acids is 1. The van der Waals surface area contributed by atoms with E-state index in [4.69, 9.17) is 14.2 Å². The lowest BCUT2D eigenvalue weighted by molar-refractivity contribution is 0.0603. The Morgan fingerprint density at radius 3 is 2.52 bits per heavy atom. The molecule has 0 unspecified atom stereocenters. The van der Waals surface area contributed by atoms with Crippen LogP contribution < -0.4 is 9.47 Å². The van der Waals surface area contributed by atoms with Crippen molar-refractivity contribution in [2.45, 2.75) is 33.1 Å². The van der Waals surface area contributed by atoms with Crippen LogP contribution in [0.1, 0.15) is 42.6 Å². The summed E-state index contributed by atoms with van der Waals surface area (Å²) in [4.78, 5) is 12.5. The van der Waals surface area contributed by atoms with Crippen LogP contribution in [0.3, 0.4) is 0 Å². The molecular weight excluding hydrogens is 368 g/mol. The second-order valence-electron chi connectivity index (χ2n) is 6.91. The van der Waals surface area contributed by atoms with Crippen molar-refractivity contribution in [1.82, 2.24) is 0 Å². The zero-order valence-corrected chi connectivity index (χ0v) is 17.3. The molecule has 5 heteroatoms. The SMILES string of the molecule is CCCCOc1ccc2cc(C(=O)OC)c3cc(OCC)c(CCO)cc3c2c1. The summed E-state index contributed by atoms with van der Waals surface area (Å²) in [5.41, 5.74) is 1.40. The highest BCUT2D eigenvalue weighted by Crippen LogP contribution is 2.36. The first-order chi connectivity index (χ1) is 14.1. The minimum Gasteiger partial charge on any atom is -0.494 e. The molecule has 3 aromatic carbocycles. The molecule has 0 amide bonds. The number of hydrogen-bond donors (Lipinski definition) is 1. The van der Waals surface area contributed by atoms with Gasteiger partial charge in [0, 0.05) is 12.0 Å². The third-order valence-corrected chi connectivity index (χ3v) is 4.96. The lowest BCUT2D eigenvalue weighted by Gasteiger charge is -2.16. The lowest BCUT2D eigenvalue weighted by Crippen LogP contribution is -2.05. The Morgan fingerprint density at radius 1 is 1.00 bits per heavy atom. The number of unbranched alkanes of at least 4 members (excludes halogenated alkanes) is 1. The molecule has 0 aromatic heterocycles. The van der Waals surface area contributed by atoms with Crippen LogP contribution in [0, 0.1) is 0 Å². The number of carbonyl (C=O) groups is 1. The first-order valence-corrected chi connectivity index (χ1v) is 10.1. The van der Waals surface area contributed by atoms with Crippen molar-refractivity contribution >= 4 is 27.5 Å². The second-order valence-corrected chi connectivity index (χ2v) is 6.91. The molecule has 0 aliphatic carbocycles. The molecule has 29 heavy (non-hydrogen) atoms. The van der Waals surface area contributed by atoms with Gasteiger partial charge in [-0.25, -0.2) is 4.79 Å². The standard InChI is InChI=1S/C24H28O5/c1-4-6-11-29-18-8-7-16-12-22(24(26)27-3)21-15-23(28-5-2)17(9-10-25)13-20(21)19(16)14-18/h7-8,12-15,25H,4-6,9-11H2,1-3H3. The van der Waals surface area contributed by atoms with Crippen LogP contribution in [0.25, 0.3) is 21.5 Å². The predicted octanol–water partition coefficient (Wildman–Crippen LogP) is 4.89. The van der Waals surface area contributed by atoms with Crippen molar-refractivity contribution in [3.05, 3.63) is 47.5 Å². The Hall–Kier alpha value is -2.79. The zero-order chi connectivity index (χ0) is 20.8. The van der Waals surface area contributed by atoms with Gasteiger partial charge in [0.05, 0.1) is 25.9 Å². The molecule has 154 valence electrons. The number of esters is 1. The van der Waals surface area contributed by atoms with Gasteiger partial charge < -0.3 is 19.3 Å². The van der Waals surface area contributed by atoms with Gasteiger partial charge in [0.25, 0.3) is 0 Å². The van der Waals surface area contributed by atoms with E-state index in [-0.39, 0.29) is 6.61 Å².